The average Bonchev–Trinajstić information content (AvgIpc) is 2.40. The summed E-state index contributed by atoms with van der Waals surface area (Å²) in [5, 5.41) is 0.679. The van der Waals surface area contributed by atoms with Gasteiger partial charge in [0.2, 0.25) is 0 Å². The molecule has 2 aromatic carbocycles. The third-order valence-corrected chi connectivity index (χ3v) is 5.03. The van der Waals surface area contributed by atoms with Crippen LogP contribution in [0.1, 0.15) is 0 Å². The molecule has 0 heterocycles. The highest BCUT2D eigenvalue weighted by Gasteiger charge is 2.03. The molecule has 0 atom stereocenters. The molecule has 0 spiro atoms. The fraction of sp³-hybridized carbons (Fsp3) is 0.143. The average molecular weight is 314 g/mol. The molecule has 100 valence electrons. The fourth-order valence-corrected chi connectivity index (χ4v) is 3.67. The molecule has 5 heteroatoms. The van der Waals surface area contributed by atoms with Crippen molar-refractivity contribution in [3.63, 3.8) is 0 Å². The van der Waals surface area contributed by atoms with Crippen LogP contribution in [0, 0.1) is 5.82 Å². The van der Waals surface area contributed by atoms with Gasteiger partial charge >= 0.3 is 0 Å². The van der Waals surface area contributed by atoms with Crippen LogP contribution in [0.3, 0.4) is 0 Å². The van der Waals surface area contributed by atoms with Crippen LogP contribution in [0.4, 0.5) is 10.1 Å². The summed E-state index contributed by atoms with van der Waals surface area (Å²) in [5.74, 6) is 1.50. The molecule has 0 aromatic heterocycles. The highest BCUT2D eigenvalue weighted by molar-refractivity contribution is 8.03. The molecule has 2 aromatic rings. The number of hydrogen-bond acceptors (Lipinski definition) is 3. The first-order valence-electron chi connectivity index (χ1n) is 5.72. The minimum absolute atomic E-state index is 0.167. The Morgan fingerprint density at radius 2 is 1.68 bits per heavy atom. The summed E-state index contributed by atoms with van der Waals surface area (Å²) in [4.78, 5) is 1.66. The molecule has 0 saturated heterocycles. The first kappa shape index (κ1) is 14.6. The van der Waals surface area contributed by atoms with Gasteiger partial charge in [-0.2, -0.15) is 0 Å². The molecule has 1 nitrogen and oxygen atoms in total. The van der Waals surface area contributed by atoms with Crippen LogP contribution in [0.2, 0.25) is 5.02 Å². The van der Waals surface area contributed by atoms with E-state index in [1.165, 1.54) is 17.8 Å². The second kappa shape index (κ2) is 7.08. The molecule has 0 unspecified atom stereocenters. The summed E-state index contributed by atoms with van der Waals surface area (Å²) in [6.45, 7) is 0. The zero-order chi connectivity index (χ0) is 13.7. The van der Waals surface area contributed by atoms with Crippen LogP contribution < -0.4 is 5.73 Å². The topological polar surface area (TPSA) is 26.0 Å². The Morgan fingerprint density at radius 3 is 2.42 bits per heavy atom. The van der Waals surface area contributed by atoms with Gasteiger partial charge in [0, 0.05) is 32.0 Å². The predicted molar refractivity (Wildman–Crippen MR) is 83.7 cm³/mol. The van der Waals surface area contributed by atoms with Crippen molar-refractivity contribution in [1.29, 1.82) is 0 Å². The standard InChI is InChI=1S/C14H13ClFNS2/c15-10-5-6-12(17)14(9-10)19-8-7-18-13-4-2-1-3-11(13)16/h1-6,9H,7-8,17H2. The minimum atomic E-state index is -0.167. The van der Waals surface area contributed by atoms with Crippen molar-refractivity contribution in [3.8, 4) is 0 Å². The Kier molecular flexibility index (Phi) is 5.43. The fourth-order valence-electron chi connectivity index (χ4n) is 1.50. The zero-order valence-electron chi connectivity index (χ0n) is 10.1. The maximum absolute atomic E-state index is 13.4. The van der Waals surface area contributed by atoms with Crippen molar-refractivity contribution in [2.24, 2.45) is 0 Å². The number of rotatable bonds is 5. The second-order valence-corrected chi connectivity index (χ2v) is 6.52. The maximum Gasteiger partial charge on any atom is 0.136 e. The lowest BCUT2D eigenvalue weighted by molar-refractivity contribution is 0.602. The number of nitrogen functional groups attached to an aromatic ring is 1. The van der Waals surface area contributed by atoms with Crippen molar-refractivity contribution in [2.75, 3.05) is 17.2 Å². The van der Waals surface area contributed by atoms with E-state index < -0.39 is 0 Å². The normalized spacial score (nSPS) is 10.6. The molecule has 2 rings (SSSR count). The summed E-state index contributed by atoms with van der Waals surface area (Å²) >= 11 is 9.06. The van der Waals surface area contributed by atoms with Gasteiger partial charge in [-0.25, -0.2) is 4.39 Å². The Morgan fingerprint density at radius 1 is 1.00 bits per heavy atom. The van der Waals surface area contributed by atoms with E-state index in [4.69, 9.17) is 17.3 Å². The van der Waals surface area contributed by atoms with Gasteiger partial charge in [-0.1, -0.05) is 23.7 Å². The van der Waals surface area contributed by atoms with Crippen molar-refractivity contribution in [1.82, 2.24) is 0 Å². The van der Waals surface area contributed by atoms with Crippen LogP contribution in [0.25, 0.3) is 0 Å². The first-order chi connectivity index (χ1) is 9.16. The number of nitrogens with two attached hydrogens (primary N) is 1. The van der Waals surface area contributed by atoms with E-state index in [0.717, 1.165) is 22.1 Å². The molecule has 0 bridgehead atoms. The van der Waals surface area contributed by atoms with Gasteiger partial charge in [0.1, 0.15) is 5.82 Å². The van der Waals surface area contributed by atoms with Crippen LogP contribution >= 0.6 is 35.1 Å². The highest BCUT2D eigenvalue weighted by Crippen LogP contribution is 2.30. The maximum atomic E-state index is 13.4. The van der Waals surface area contributed by atoms with E-state index in [1.54, 1.807) is 36.0 Å². The van der Waals surface area contributed by atoms with Crippen molar-refractivity contribution in [2.45, 2.75) is 9.79 Å². The summed E-state index contributed by atoms with van der Waals surface area (Å²) in [6.07, 6.45) is 0. The van der Waals surface area contributed by atoms with Crippen molar-refractivity contribution >= 4 is 40.8 Å². The molecular formula is C14H13ClFNS2. The van der Waals surface area contributed by atoms with Crippen LogP contribution in [0.5, 0.6) is 0 Å². The number of benzene rings is 2. The van der Waals surface area contributed by atoms with Crippen molar-refractivity contribution in [3.05, 3.63) is 53.3 Å². The minimum Gasteiger partial charge on any atom is -0.398 e. The monoisotopic (exact) mass is 313 g/mol. The lowest BCUT2D eigenvalue weighted by Gasteiger charge is -2.06. The van der Waals surface area contributed by atoms with Gasteiger partial charge in [0.05, 0.1) is 0 Å². The van der Waals surface area contributed by atoms with Crippen LogP contribution in [-0.4, -0.2) is 11.5 Å². The Hall–Kier alpha value is -0.840. The predicted octanol–water partition coefficient (Wildman–Crippen LogP) is 4.95. The molecule has 0 radical (unpaired) electrons. The molecule has 0 fully saturated rings. The SMILES string of the molecule is Nc1ccc(Cl)cc1SCCSc1ccccc1F. The van der Waals surface area contributed by atoms with E-state index in [-0.39, 0.29) is 5.82 Å². The van der Waals surface area contributed by atoms with Gasteiger partial charge in [-0.3, -0.25) is 0 Å². The quantitative estimate of drug-likeness (QED) is 0.481. The largest absolute Gasteiger partial charge is 0.398 e. The van der Waals surface area contributed by atoms with Gasteiger partial charge in [0.15, 0.2) is 0 Å². The van der Waals surface area contributed by atoms with Crippen LogP contribution in [-0.2, 0) is 0 Å². The molecule has 2 N–H and O–H groups in total. The Bertz CT molecular complexity index is 563. The summed E-state index contributed by atoms with van der Waals surface area (Å²) in [5.41, 5.74) is 6.59. The summed E-state index contributed by atoms with van der Waals surface area (Å²) in [7, 11) is 0. The van der Waals surface area contributed by atoms with E-state index in [2.05, 4.69) is 0 Å². The summed E-state index contributed by atoms with van der Waals surface area (Å²) < 4.78 is 13.4. The Labute approximate surface area is 125 Å². The third-order valence-electron chi connectivity index (χ3n) is 2.41. The molecular weight excluding hydrogens is 301 g/mol. The highest BCUT2D eigenvalue weighted by atomic mass is 35.5. The second-order valence-electron chi connectivity index (χ2n) is 3.81. The molecule has 0 amide bonds. The van der Waals surface area contributed by atoms with E-state index in [9.17, 15) is 4.39 Å². The van der Waals surface area contributed by atoms with E-state index in [1.807, 2.05) is 12.1 Å². The third kappa shape index (κ3) is 4.34. The number of hydrogen-bond donors (Lipinski definition) is 1. The lowest BCUT2D eigenvalue weighted by Crippen LogP contribution is -1.91. The number of thioether (sulfide) groups is 2. The van der Waals surface area contributed by atoms with E-state index >= 15 is 0 Å². The zero-order valence-corrected chi connectivity index (χ0v) is 12.5. The summed E-state index contributed by atoms with van der Waals surface area (Å²) in [6, 6.07) is 12.2. The van der Waals surface area contributed by atoms with Crippen molar-refractivity contribution < 1.29 is 4.39 Å². The van der Waals surface area contributed by atoms with E-state index in [0.29, 0.717) is 9.92 Å². The molecule has 19 heavy (non-hydrogen) atoms. The molecule has 0 aliphatic heterocycles. The molecule has 0 aliphatic rings. The van der Waals surface area contributed by atoms with Gasteiger partial charge in [-0.15, -0.1) is 23.5 Å². The smallest absolute Gasteiger partial charge is 0.136 e. The van der Waals surface area contributed by atoms with Gasteiger partial charge < -0.3 is 5.73 Å². The van der Waals surface area contributed by atoms with Gasteiger partial charge in [0.25, 0.3) is 0 Å². The number of halogens is 2. The Balaban J connectivity index is 1.84. The molecule has 0 saturated carbocycles. The lowest BCUT2D eigenvalue weighted by atomic mass is 10.3. The van der Waals surface area contributed by atoms with Crippen LogP contribution in [0.15, 0.2) is 52.3 Å². The molecule has 0 aliphatic carbocycles. The van der Waals surface area contributed by atoms with Gasteiger partial charge in [-0.05, 0) is 30.3 Å². The number of anilines is 1. The first-order valence-corrected chi connectivity index (χ1v) is 8.07.